The number of anilines is 1. The van der Waals surface area contributed by atoms with Crippen LogP contribution in [0.3, 0.4) is 0 Å². The van der Waals surface area contributed by atoms with Crippen LogP contribution in [0.2, 0.25) is 5.02 Å². The van der Waals surface area contributed by atoms with Crippen LogP contribution in [0.15, 0.2) is 24.4 Å². The van der Waals surface area contributed by atoms with Gasteiger partial charge in [0.25, 0.3) is 0 Å². The summed E-state index contributed by atoms with van der Waals surface area (Å²) >= 11 is 5.85. The number of benzene rings is 1. The summed E-state index contributed by atoms with van der Waals surface area (Å²) in [5.74, 6) is -0.701. The molecule has 0 aliphatic rings. The molecule has 0 bridgehead atoms. The van der Waals surface area contributed by atoms with Gasteiger partial charge in [-0.05, 0) is 18.2 Å². The number of hydrogen-bond donors (Lipinski definition) is 1. The third kappa shape index (κ3) is 2.40. The average Bonchev–Trinajstić information content (AvgIpc) is 2.82. The van der Waals surface area contributed by atoms with Crippen molar-refractivity contribution in [1.82, 2.24) is 4.57 Å². The van der Waals surface area contributed by atoms with Crippen LogP contribution in [0.25, 0.3) is 5.69 Å². The average molecular weight is 301 g/mol. The van der Waals surface area contributed by atoms with Crippen LogP contribution in [0.5, 0.6) is 0 Å². The largest absolute Gasteiger partial charge is 0.464 e. The first-order valence-corrected chi connectivity index (χ1v) is 6.10. The Morgan fingerprint density at radius 1 is 1.33 bits per heavy atom. The van der Waals surface area contributed by atoms with E-state index in [0.717, 1.165) is 0 Å². The lowest BCUT2D eigenvalue weighted by atomic mass is 10.2. The van der Waals surface area contributed by atoms with Gasteiger partial charge in [0.05, 0.1) is 29.6 Å². The van der Waals surface area contributed by atoms with Crippen molar-refractivity contribution in [2.75, 3.05) is 12.8 Å². The number of nitriles is 2. The maximum absolute atomic E-state index is 11.9. The predicted octanol–water partition coefficient (Wildman–Crippen LogP) is 2.24. The van der Waals surface area contributed by atoms with Crippen LogP contribution in [0.4, 0.5) is 5.69 Å². The first-order valence-electron chi connectivity index (χ1n) is 5.72. The Hall–Kier alpha value is -2.96. The molecule has 2 rings (SSSR count). The fraction of sp³-hybridized carbons (Fsp3) is 0.0714. The second-order valence-corrected chi connectivity index (χ2v) is 4.49. The summed E-state index contributed by atoms with van der Waals surface area (Å²) in [6.07, 6.45) is 1.38. The van der Waals surface area contributed by atoms with Crippen molar-refractivity contribution in [2.45, 2.75) is 0 Å². The van der Waals surface area contributed by atoms with Gasteiger partial charge in [-0.3, -0.25) is 0 Å². The number of aromatic nitrogens is 1. The molecule has 0 unspecified atom stereocenters. The van der Waals surface area contributed by atoms with Gasteiger partial charge in [-0.25, -0.2) is 4.79 Å². The second-order valence-electron chi connectivity index (χ2n) is 4.05. The molecule has 0 saturated heterocycles. The predicted molar refractivity (Wildman–Crippen MR) is 76.0 cm³/mol. The number of ether oxygens (including phenoxy) is 1. The highest BCUT2D eigenvalue weighted by molar-refractivity contribution is 6.30. The molecule has 104 valence electrons. The SMILES string of the molecule is COC(=O)c1c(N)c(C#N)cn1-c1ccc(Cl)cc1C#N. The van der Waals surface area contributed by atoms with Gasteiger partial charge in [0.1, 0.15) is 12.1 Å². The van der Waals surface area contributed by atoms with Crippen molar-refractivity contribution in [3.8, 4) is 17.8 Å². The molecule has 0 saturated carbocycles. The summed E-state index contributed by atoms with van der Waals surface area (Å²) in [5.41, 5.74) is 6.54. The molecule has 0 spiro atoms. The Balaban J connectivity index is 2.79. The molecule has 2 N–H and O–H groups in total. The van der Waals surface area contributed by atoms with Gasteiger partial charge >= 0.3 is 5.97 Å². The third-order valence-corrected chi connectivity index (χ3v) is 3.12. The van der Waals surface area contributed by atoms with Crippen molar-refractivity contribution < 1.29 is 9.53 Å². The number of nitrogen functional groups attached to an aromatic ring is 1. The Labute approximate surface area is 125 Å². The van der Waals surface area contributed by atoms with Crippen LogP contribution in [-0.4, -0.2) is 17.6 Å². The first-order chi connectivity index (χ1) is 10.0. The van der Waals surface area contributed by atoms with E-state index in [-0.39, 0.29) is 22.5 Å². The van der Waals surface area contributed by atoms with Crippen LogP contribution in [0.1, 0.15) is 21.6 Å². The molecule has 1 aromatic carbocycles. The molecular formula is C14H9ClN4O2. The van der Waals surface area contributed by atoms with Gasteiger partial charge in [-0.1, -0.05) is 11.6 Å². The van der Waals surface area contributed by atoms with Crippen LogP contribution in [0, 0.1) is 22.7 Å². The van der Waals surface area contributed by atoms with E-state index in [1.165, 1.54) is 23.9 Å². The number of methoxy groups -OCH3 is 1. The standard InChI is InChI=1S/C14H9ClN4O2/c1-21-14(20)13-12(18)9(6-17)7-19(13)11-3-2-10(15)4-8(11)5-16/h2-4,7H,18H2,1H3. The summed E-state index contributed by atoms with van der Waals surface area (Å²) in [6, 6.07) is 8.47. The van der Waals surface area contributed by atoms with E-state index >= 15 is 0 Å². The molecule has 0 amide bonds. The summed E-state index contributed by atoms with van der Waals surface area (Å²) in [5, 5.41) is 18.6. The molecule has 6 nitrogen and oxygen atoms in total. The Bertz CT molecular complexity index is 812. The van der Waals surface area contributed by atoms with E-state index in [1.54, 1.807) is 12.1 Å². The number of nitrogens with zero attached hydrogens (tertiary/aromatic N) is 3. The minimum absolute atomic E-state index is 0.00295. The Morgan fingerprint density at radius 3 is 2.57 bits per heavy atom. The molecule has 1 heterocycles. The third-order valence-electron chi connectivity index (χ3n) is 2.88. The van der Waals surface area contributed by atoms with E-state index in [0.29, 0.717) is 10.7 Å². The summed E-state index contributed by atoms with van der Waals surface area (Å²) in [4.78, 5) is 11.9. The van der Waals surface area contributed by atoms with Crippen molar-refractivity contribution in [3.05, 3.63) is 46.2 Å². The maximum atomic E-state index is 11.9. The Morgan fingerprint density at radius 2 is 2.00 bits per heavy atom. The van der Waals surface area contributed by atoms with Crippen molar-refractivity contribution in [1.29, 1.82) is 10.5 Å². The molecule has 21 heavy (non-hydrogen) atoms. The molecule has 7 heteroatoms. The second kappa shape index (κ2) is 5.58. The van der Waals surface area contributed by atoms with Crippen molar-refractivity contribution >= 4 is 23.3 Å². The lowest BCUT2D eigenvalue weighted by Crippen LogP contribution is -2.11. The molecule has 0 fully saturated rings. The quantitative estimate of drug-likeness (QED) is 0.856. The van der Waals surface area contributed by atoms with E-state index in [1.807, 2.05) is 12.1 Å². The Kier molecular flexibility index (Phi) is 3.84. The zero-order valence-electron chi connectivity index (χ0n) is 10.9. The topological polar surface area (TPSA) is 105 Å². The molecule has 1 aromatic heterocycles. The maximum Gasteiger partial charge on any atom is 0.357 e. The summed E-state index contributed by atoms with van der Waals surface area (Å²) in [7, 11) is 1.21. The highest BCUT2D eigenvalue weighted by Crippen LogP contribution is 2.27. The molecule has 2 aromatic rings. The smallest absolute Gasteiger partial charge is 0.357 e. The van der Waals surface area contributed by atoms with Crippen molar-refractivity contribution in [3.63, 3.8) is 0 Å². The zero-order chi connectivity index (χ0) is 15.6. The number of halogens is 1. The highest BCUT2D eigenvalue weighted by atomic mass is 35.5. The highest BCUT2D eigenvalue weighted by Gasteiger charge is 2.22. The summed E-state index contributed by atoms with van der Waals surface area (Å²) < 4.78 is 6.03. The lowest BCUT2D eigenvalue weighted by Gasteiger charge is -2.10. The number of hydrogen-bond acceptors (Lipinski definition) is 5. The van der Waals surface area contributed by atoms with Gasteiger partial charge in [-0.15, -0.1) is 0 Å². The normalized spacial score (nSPS) is 9.71. The van der Waals surface area contributed by atoms with E-state index < -0.39 is 5.97 Å². The van der Waals surface area contributed by atoms with Crippen LogP contribution >= 0.6 is 11.6 Å². The van der Waals surface area contributed by atoms with E-state index in [4.69, 9.17) is 22.6 Å². The van der Waals surface area contributed by atoms with Gasteiger partial charge in [0.15, 0.2) is 5.69 Å². The monoisotopic (exact) mass is 300 g/mol. The van der Waals surface area contributed by atoms with Gasteiger partial charge in [0.2, 0.25) is 0 Å². The van der Waals surface area contributed by atoms with E-state index in [2.05, 4.69) is 4.74 Å². The molecule has 0 aliphatic heterocycles. The number of rotatable bonds is 2. The fourth-order valence-electron chi connectivity index (χ4n) is 1.91. The van der Waals surface area contributed by atoms with E-state index in [9.17, 15) is 10.1 Å². The molecule has 0 atom stereocenters. The number of esters is 1. The van der Waals surface area contributed by atoms with Crippen LogP contribution in [-0.2, 0) is 4.74 Å². The minimum Gasteiger partial charge on any atom is -0.464 e. The van der Waals surface area contributed by atoms with Gasteiger partial charge in [-0.2, -0.15) is 10.5 Å². The lowest BCUT2D eigenvalue weighted by molar-refractivity contribution is 0.0593. The molecular weight excluding hydrogens is 292 g/mol. The van der Waals surface area contributed by atoms with Crippen LogP contribution < -0.4 is 5.73 Å². The molecule has 0 aliphatic carbocycles. The van der Waals surface area contributed by atoms with Gasteiger partial charge in [0, 0.05) is 11.2 Å². The number of nitrogens with two attached hydrogens (primary N) is 1. The van der Waals surface area contributed by atoms with Crippen molar-refractivity contribution in [2.24, 2.45) is 0 Å². The zero-order valence-corrected chi connectivity index (χ0v) is 11.7. The number of carbonyl (C=O) groups is 1. The number of carbonyl (C=O) groups excluding carboxylic acids is 1. The minimum atomic E-state index is -0.701. The fourth-order valence-corrected chi connectivity index (χ4v) is 2.08. The summed E-state index contributed by atoms with van der Waals surface area (Å²) in [6.45, 7) is 0. The molecule has 0 radical (unpaired) electrons. The van der Waals surface area contributed by atoms with Gasteiger partial charge < -0.3 is 15.0 Å². The first kappa shape index (κ1) is 14.4.